The van der Waals surface area contributed by atoms with Crippen LogP contribution in [0, 0.1) is 0 Å². The molecule has 1 aromatic rings. The maximum atomic E-state index is 12.1. The standard InChI is InChI=1S/C14H18ClNO3S/c1-4-14(13(18)19,16-12(17)9(2)20-3)10-5-7-11(15)8-6-10/h5-9H,4H2,1-3H3,(H,16,17)(H,18,19). The van der Waals surface area contributed by atoms with E-state index in [1.807, 2.05) is 0 Å². The zero-order valence-corrected chi connectivity index (χ0v) is 13.2. The van der Waals surface area contributed by atoms with Gasteiger partial charge in [0.05, 0.1) is 5.25 Å². The molecule has 0 aliphatic rings. The molecule has 0 saturated carbocycles. The van der Waals surface area contributed by atoms with Gasteiger partial charge in [0.2, 0.25) is 5.91 Å². The van der Waals surface area contributed by atoms with E-state index in [0.717, 1.165) is 0 Å². The molecule has 110 valence electrons. The quantitative estimate of drug-likeness (QED) is 0.847. The van der Waals surface area contributed by atoms with Gasteiger partial charge in [-0.15, -0.1) is 0 Å². The van der Waals surface area contributed by atoms with Crippen molar-refractivity contribution in [3.05, 3.63) is 34.9 Å². The molecular weight excluding hydrogens is 298 g/mol. The van der Waals surface area contributed by atoms with Crippen molar-refractivity contribution in [1.29, 1.82) is 0 Å². The van der Waals surface area contributed by atoms with Crippen LogP contribution >= 0.6 is 23.4 Å². The lowest BCUT2D eigenvalue weighted by atomic mass is 9.87. The highest BCUT2D eigenvalue weighted by molar-refractivity contribution is 7.99. The molecule has 6 heteroatoms. The van der Waals surface area contributed by atoms with Gasteiger partial charge < -0.3 is 10.4 Å². The first kappa shape index (κ1) is 16.9. The molecule has 2 N–H and O–H groups in total. The summed E-state index contributed by atoms with van der Waals surface area (Å²) in [5.74, 6) is -1.37. The fourth-order valence-electron chi connectivity index (χ4n) is 1.85. The Labute approximate surface area is 127 Å². The largest absolute Gasteiger partial charge is 0.479 e. The van der Waals surface area contributed by atoms with E-state index in [0.29, 0.717) is 10.6 Å². The van der Waals surface area contributed by atoms with Crippen LogP contribution in [0.2, 0.25) is 5.02 Å². The van der Waals surface area contributed by atoms with E-state index in [1.165, 1.54) is 11.8 Å². The van der Waals surface area contributed by atoms with Crippen LogP contribution in [0.15, 0.2) is 24.3 Å². The number of halogens is 1. The van der Waals surface area contributed by atoms with Gasteiger partial charge in [-0.3, -0.25) is 4.79 Å². The highest BCUT2D eigenvalue weighted by Crippen LogP contribution is 2.27. The molecule has 0 aromatic heterocycles. The number of aliphatic carboxylic acids is 1. The van der Waals surface area contributed by atoms with E-state index in [2.05, 4.69) is 5.32 Å². The van der Waals surface area contributed by atoms with Crippen molar-refractivity contribution in [3.63, 3.8) is 0 Å². The lowest BCUT2D eigenvalue weighted by Gasteiger charge is -2.31. The molecule has 0 spiro atoms. The van der Waals surface area contributed by atoms with Gasteiger partial charge >= 0.3 is 5.97 Å². The number of thioether (sulfide) groups is 1. The van der Waals surface area contributed by atoms with Gasteiger partial charge in [0.1, 0.15) is 0 Å². The summed E-state index contributed by atoms with van der Waals surface area (Å²) in [6, 6.07) is 6.50. The number of amides is 1. The second-order valence-corrected chi connectivity index (χ2v) is 6.05. The van der Waals surface area contributed by atoms with Gasteiger partial charge in [0.25, 0.3) is 0 Å². The molecule has 0 radical (unpaired) electrons. The normalized spacial score (nSPS) is 15.2. The highest BCUT2D eigenvalue weighted by atomic mass is 35.5. The number of carbonyl (C=O) groups is 2. The molecule has 0 aliphatic heterocycles. The Bertz CT molecular complexity index is 492. The Kier molecular flexibility index (Phi) is 5.89. The fraction of sp³-hybridized carbons (Fsp3) is 0.429. The third-order valence-electron chi connectivity index (χ3n) is 3.29. The van der Waals surface area contributed by atoms with Gasteiger partial charge in [0.15, 0.2) is 5.54 Å². The molecule has 0 saturated heterocycles. The van der Waals surface area contributed by atoms with Gasteiger partial charge in [-0.05, 0) is 37.3 Å². The lowest BCUT2D eigenvalue weighted by molar-refractivity contribution is -0.148. The zero-order chi connectivity index (χ0) is 15.3. The molecule has 0 fully saturated rings. The van der Waals surface area contributed by atoms with Crippen LogP contribution < -0.4 is 5.32 Å². The van der Waals surface area contributed by atoms with Crippen molar-refractivity contribution < 1.29 is 14.7 Å². The molecule has 1 amide bonds. The molecule has 0 aliphatic carbocycles. The minimum Gasteiger partial charge on any atom is -0.479 e. The van der Waals surface area contributed by atoms with E-state index in [4.69, 9.17) is 11.6 Å². The molecular formula is C14H18ClNO3S. The van der Waals surface area contributed by atoms with Crippen LogP contribution in [-0.2, 0) is 15.1 Å². The first-order chi connectivity index (χ1) is 9.37. The Balaban J connectivity index is 3.19. The number of carboxylic acid groups (broad SMARTS) is 1. The van der Waals surface area contributed by atoms with E-state index >= 15 is 0 Å². The number of rotatable bonds is 6. The Morgan fingerprint density at radius 1 is 1.40 bits per heavy atom. The molecule has 2 unspecified atom stereocenters. The van der Waals surface area contributed by atoms with Crippen molar-refractivity contribution in [2.24, 2.45) is 0 Å². The number of carbonyl (C=O) groups excluding carboxylic acids is 1. The predicted molar refractivity (Wildman–Crippen MR) is 82.2 cm³/mol. The van der Waals surface area contributed by atoms with Crippen molar-refractivity contribution in [3.8, 4) is 0 Å². The van der Waals surface area contributed by atoms with E-state index in [-0.39, 0.29) is 17.6 Å². The summed E-state index contributed by atoms with van der Waals surface area (Å²) in [4.78, 5) is 23.8. The first-order valence-electron chi connectivity index (χ1n) is 6.21. The molecule has 20 heavy (non-hydrogen) atoms. The summed E-state index contributed by atoms with van der Waals surface area (Å²) in [5.41, 5.74) is -0.912. The zero-order valence-electron chi connectivity index (χ0n) is 11.6. The molecule has 1 rings (SSSR count). The minimum absolute atomic E-state index is 0.247. The minimum atomic E-state index is -1.42. The Hall–Kier alpha value is -1.20. The number of carboxylic acids is 1. The topological polar surface area (TPSA) is 66.4 Å². The molecule has 4 nitrogen and oxygen atoms in total. The summed E-state index contributed by atoms with van der Waals surface area (Å²) < 4.78 is 0. The Morgan fingerprint density at radius 2 is 1.95 bits per heavy atom. The predicted octanol–water partition coefficient (Wildman–Crippen LogP) is 2.90. The summed E-state index contributed by atoms with van der Waals surface area (Å²) in [7, 11) is 0. The molecule has 0 heterocycles. The van der Waals surface area contributed by atoms with Crippen LogP contribution in [0.3, 0.4) is 0 Å². The van der Waals surface area contributed by atoms with Crippen molar-refractivity contribution in [2.75, 3.05) is 6.26 Å². The summed E-state index contributed by atoms with van der Waals surface area (Å²) in [6.07, 6.45) is 2.05. The van der Waals surface area contributed by atoms with E-state index in [9.17, 15) is 14.7 Å². The van der Waals surface area contributed by atoms with Crippen LogP contribution in [0.25, 0.3) is 0 Å². The number of nitrogens with one attached hydrogen (secondary N) is 1. The van der Waals surface area contributed by atoms with Crippen LogP contribution in [0.4, 0.5) is 0 Å². The maximum absolute atomic E-state index is 12.1. The van der Waals surface area contributed by atoms with Gasteiger partial charge in [-0.25, -0.2) is 4.79 Å². The third-order valence-corrected chi connectivity index (χ3v) is 4.46. The van der Waals surface area contributed by atoms with Gasteiger partial charge in [-0.1, -0.05) is 30.7 Å². The van der Waals surface area contributed by atoms with Gasteiger partial charge in [0, 0.05) is 5.02 Å². The summed E-state index contributed by atoms with van der Waals surface area (Å²) in [5, 5.41) is 12.5. The van der Waals surface area contributed by atoms with Crippen LogP contribution in [0.1, 0.15) is 25.8 Å². The number of benzene rings is 1. The average Bonchev–Trinajstić information content (AvgIpc) is 2.44. The SMILES string of the molecule is CCC(NC(=O)C(C)SC)(C(=O)O)c1ccc(Cl)cc1. The monoisotopic (exact) mass is 315 g/mol. The van der Waals surface area contributed by atoms with Gasteiger partial charge in [-0.2, -0.15) is 11.8 Å². The third kappa shape index (κ3) is 3.46. The highest BCUT2D eigenvalue weighted by Gasteiger charge is 2.40. The average molecular weight is 316 g/mol. The fourth-order valence-corrected chi connectivity index (χ4v) is 2.25. The maximum Gasteiger partial charge on any atom is 0.334 e. The van der Waals surface area contributed by atoms with Crippen molar-refractivity contribution in [1.82, 2.24) is 5.32 Å². The van der Waals surface area contributed by atoms with E-state index in [1.54, 1.807) is 44.4 Å². The first-order valence-corrected chi connectivity index (χ1v) is 7.88. The summed E-state index contributed by atoms with van der Waals surface area (Å²) in [6.45, 7) is 3.47. The second-order valence-electron chi connectivity index (χ2n) is 4.44. The number of hydrogen-bond acceptors (Lipinski definition) is 3. The van der Waals surface area contributed by atoms with Crippen molar-refractivity contribution >= 4 is 35.2 Å². The smallest absolute Gasteiger partial charge is 0.334 e. The van der Waals surface area contributed by atoms with E-state index < -0.39 is 11.5 Å². The summed E-state index contributed by atoms with van der Waals surface area (Å²) >= 11 is 7.19. The molecule has 1 aromatic carbocycles. The van der Waals surface area contributed by atoms with Crippen molar-refractivity contribution in [2.45, 2.75) is 31.1 Å². The van der Waals surface area contributed by atoms with Crippen LogP contribution in [0.5, 0.6) is 0 Å². The Morgan fingerprint density at radius 3 is 2.35 bits per heavy atom. The lowest BCUT2D eigenvalue weighted by Crippen LogP contribution is -2.53. The molecule has 2 atom stereocenters. The second kappa shape index (κ2) is 6.99. The molecule has 0 bridgehead atoms. The van der Waals surface area contributed by atoms with Crippen LogP contribution in [-0.4, -0.2) is 28.5 Å². The number of hydrogen-bond donors (Lipinski definition) is 2.